The highest BCUT2D eigenvalue weighted by Crippen LogP contribution is 2.35. The second kappa shape index (κ2) is 10.8. The zero-order valence-corrected chi connectivity index (χ0v) is 21.5. The SMILES string of the molecule is C=Nc1c(/N=C\C)cccc1S(=O)(=O)Nc1ccc(C(=O)N2CCC(O)(CC3CCNC3=O)CC2)cc1. The van der Waals surface area contributed by atoms with E-state index < -0.39 is 15.6 Å². The molecule has 2 aromatic rings. The van der Waals surface area contributed by atoms with Gasteiger partial charge < -0.3 is 15.3 Å². The van der Waals surface area contributed by atoms with Crippen LogP contribution in [0.2, 0.25) is 0 Å². The number of piperidine rings is 1. The van der Waals surface area contributed by atoms with Gasteiger partial charge in [-0.05, 0) is 75.7 Å². The van der Waals surface area contributed by atoms with Crippen molar-refractivity contribution in [2.75, 3.05) is 24.4 Å². The minimum atomic E-state index is -3.99. The zero-order chi connectivity index (χ0) is 26.6. The summed E-state index contributed by atoms with van der Waals surface area (Å²) in [6.45, 7) is 6.60. The molecule has 11 heteroatoms. The maximum atomic E-state index is 13.0. The summed E-state index contributed by atoms with van der Waals surface area (Å²) in [5.74, 6) is -0.385. The average molecular weight is 526 g/mol. The highest BCUT2D eigenvalue weighted by atomic mass is 32.2. The van der Waals surface area contributed by atoms with Crippen molar-refractivity contribution >= 4 is 51.8 Å². The number of hydrogen-bond donors (Lipinski definition) is 3. The highest BCUT2D eigenvalue weighted by Gasteiger charge is 2.39. The highest BCUT2D eigenvalue weighted by molar-refractivity contribution is 7.92. The third-order valence-corrected chi connectivity index (χ3v) is 8.26. The third-order valence-electron chi connectivity index (χ3n) is 6.85. The molecule has 37 heavy (non-hydrogen) atoms. The van der Waals surface area contributed by atoms with Crippen molar-refractivity contribution in [3.05, 3.63) is 48.0 Å². The number of anilines is 1. The van der Waals surface area contributed by atoms with E-state index in [1.807, 2.05) is 0 Å². The van der Waals surface area contributed by atoms with Crippen molar-refractivity contribution in [3.63, 3.8) is 0 Å². The zero-order valence-electron chi connectivity index (χ0n) is 20.7. The van der Waals surface area contributed by atoms with Crippen molar-refractivity contribution < 1.29 is 23.1 Å². The van der Waals surface area contributed by atoms with Crippen LogP contribution < -0.4 is 10.0 Å². The van der Waals surface area contributed by atoms with Crippen molar-refractivity contribution in [2.45, 2.75) is 43.1 Å². The van der Waals surface area contributed by atoms with E-state index in [0.717, 1.165) is 6.42 Å². The van der Waals surface area contributed by atoms with E-state index in [-0.39, 0.29) is 28.3 Å². The van der Waals surface area contributed by atoms with Crippen molar-refractivity contribution in [1.29, 1.82) is 0 Å². The monoisotopic (exact) mass is 525 g/mol. The maximum absolute atomic E-state index is 13.0. The quantitative estimate of drug-likeness (QED) is 0.455. The van der Waals surface area contributed by atoms with Gasteiger partial charge in [-0.3, -0.25) is 24.3 Å². The number of rotatable bonds is 8. The van der Waals surface area contributed by atoms with Gasteiger partial charge in [0, 0.05) is 43.0 Å². The summed E-state index contributed by atoms with van der Waals surface area (Å²) < 4.78 is 28.6. The van der Waals surface area contributed by atoms with Crippen LogP contribution in [-0.2, 0) is 14.8 Å². The Morgan fingerprint density at radius 1 is 1.24 bits per heavy atom. The lowest BCUT2D eigenvalue weighted by atomic mass is 9.82. The number of amides is 2. The lowest BCUT2D eigenvalue weighted by Crippen LogP contribution is -2.48. The Kier molecular flexibility index (Phi) is 7.74. The van der Waals surface area contributed by atoms with E-state index >= 15 is 0 Å². The largest absolute Gasteiger partial charge is 0.390 e. The molecule has 1 atom stereocenters. The number of nitrogens with zero attached hydrogens (tertiary/aromatic N) is 3. The van der Waals surface area contributed by atoms with E-state index in [0.29, 0.717) is 55.8 Å². The van der Waals surface area contributed by atoms with E-state index in [1.165, 1.54) is 18.2 Å². The molecule has 0 bridgehead atoms. The molecule has 2 aliphatic heterocycles. The molecular formula is C26H31N5O5S. The summed E-state index contributed by atoms with van der Waals surface area (Å²) >= 11 is 0. The molecule has 10 nitrogen and oxygen atoms in total. The molecule has 0 radical (unpaired) electrons. The topological polar surface area (TPSA) is 141 Å². The summed E-state index contributed by atoms with van der Waals surface area (Å²) in [4.78, 5) is 34.5. The van der Waals surface area contributed by atoms with Crippen LogP contribution in [0.25, 0.3) is 0 Å². The number of aliphatic imine (C=N–C) groups is 2. The van der Waals surface area contributed by atoms with Crippen LogP contribution in [0.5, 0.6) is 0 Å². The molecule has 2 aliphatic rings. The molecule has 4 rings (SSSR count). The van der Waals surface area contributed by atoms with Crippen LogP contribution in [-0.4, -0.2) is 68.4 Å². The molecule has 2 fully saturated rings. The van der Waals surface area contributed by atoms with Crippen LogP contribution in [0.3, 0.4) is 0 Å². The fourth-order valence-electron chi connectivity index (χ4n) is 4.83. The lowest BCUT2D eigenvalue weighted by molar-refractivity contribution is -0.125. The Hall–Kier alpha value is -3.57. The van der Waals surface area contributed by atoms with Gasteiger partial charge in [0.15, 0.2) is 0 Å². The van der Waals surface area contributed by atoms with E-state index in [9.17, 15) is 23.1 Å². The summed E-state index contributed by atoms with van der Waals surface area (Å²) in [7, 11) is -3.99. The molecule has 0 aliphatic carbocycles. The number of hydrogen-bond acceptors (Lipinski definition) is 7. The van der Waals surface area contributed by atoms with Crippen LogP contribution in [0.4, 0.5) is 17.1 Å². The minimum absolute atomic E-state index is 0.0122. The number of carbonyl (C=O) groups is 2. The first kappa shape index (κ1) is 26.5. The molecule has 0 aromatic heterocycles. The van der Waals surface area contributed by atoms with Gasteiger partial charge >= 0.3 is 0 Å². The smallest absolute Gasteiger partial charge is 0.264 e. The molecule has 2 saturated heterocycles. The molecule has 2 amide bonds. The van der Waals surface area contributed by atoms with Crippen LogP contribution >= 0.6 is 0 Å². The Bertz CT molecular complexity index is 1320. The third kappa shape index (κ3) is 5.89. The van der Waals surface area contributed by atoms with Gasteiger partial charge in [-0.1, -0.05) is 6.07 Å². The van der Waals surface area contributed by atoms with Crippen LogP contribution in [0, 0.1) is 5.92 Å². The second-order valence-electron chi connectivity index (χ2n) is 9.35. The minimum Gasteiger partial charge on any atom is -0.390 e. The van der Waals surface area contributed by atoms with E-state index in [1.54, 1.807) is 42.3 Å². The number of aliphatic hydroxyl groups is 1. The molecule has 2 aromatic carbocycles. The molecule has 1 unspecified atom stereocenters. The summed E-state index contributed by atoms with van der Waals surface area (Å²) in [5, 5.41) is 13.7. The van der Waals surface area contributed by atoms with E-state index in [4.69, 9.17) is 0 Å². The van der Waals surface area contributed by atoms with Gasteiger partial charge in [0.2, 0.25) is 5.91 Å². The summed E-state index contributed by atoms with van der Waals surface area (Å²) in [5.41, 5.74) is 0.291. The van der Waals surface area contributed by atoms with Gasteiger partial charge in [0.05, 0.1) is 11.3 Å². The standard InChI is InChI=1S/C26H31N5O5S/c1-3-28-21-5-4-6-22(23(21)27-2)37(35,36)30-20-9-7-18(8-10-20)25(33)31-15-12-26(34,13-16-31)17-19-11-14-29-24(19)32/h3-10,19,30,34H,2,11-17H2,1H3,(H,29,32)/b28-3-. The number of nitrogens with one attached hydrogen (secondary N) is 2. The Balaban J connectivity index is 1.40. The predicted molar refractivity (Wildman–Crippen MR) is 143 cm³/mol. The normalized spacial score (nSPS) is 19.6. The fraction of sp³-hybridized carbons (Fsp3) is 0.385. The van der Waals surface area contributed by atoms with E-state index in [2.05, 4.69) is 26.7 Å². The molecule has 0 spiro atoms. The summed E-state index contributed by atoms with van der Waals surface area (Å²) in [6.07, 6.45) is 3.48. The number of sulfonamides is 1. The lowest BCUT2D eigenvalue weighted by Gasteiger charge is -2.39. The van der Waals surface area contributed by atoms with Gasteiger partial charge in [0.1, 0.15) is 10.6 Å². The number of likely N-dealkylation sites (tertiary alicyclic amines) is 1. The van der Waals surface area contributed by atoms with Crippen molar-refractivity contribution in [2.24, 2.45) is 15.9 Å². The molecule has 2 heterocycles. The Morgan fingerprint density at radius 3 is 2.54 bits per heavy atom. The van der Waals surface area contributed by atoms with Crippen molar-refractivity contribution in [3.8, 4) is 0 Å². The van der Waals surface area contributed by atoms with Gasteiger partial charge in [-0.25, -0.2) is 8.42 Å². The van der Waals surface area contributed by atoms with Gasteiger partial charge in [-0.15, -0.1) is 0 Å². The Labute approximate surface area is 216 Å². The average Bonchev–Trinajstić information content (AvgIpc) is 3.28. The first-order valence-corrected chi connectivity index (χ1v) is 13.6. The van der Waals surface area contributed by atoms with Gasteiger partial charge in [0.25, 0.3) is 15.9 Å². The fourth-order valence-corrected chi connectivity index (χ4v) is 6.07. The Morgan fingerprint density at radius 2 is 1.95 bits per heavy atom. The molecule has 3 N–H and O–H groups in total. The second-order valence-corrected chi connectivity index (χ2v) is 11.0. The van der Waals surface area contributed by atoms with Crippen molar-refractivity contribution in [1.82, 2.24) is 10.2 Å². The number of carbonyl (C=O) groups excluding carboxylic acids is 2. The number of para-hydroxylation sites is 1. The van der Waals surface area contributed by atoms with Crippen LogP contribution in [0.15, 0.2) is 57.3 Å². The maximum Gasteiger partial charge on any atom is 0.264 e. The molecule has 196 valence electrons. The molecule has 0 saturated carbocycles. The first-order valence-electron chi connectivity index (χ1n) is 12.2. The summed E-state index contributed by atoms with van der Waals surface area (Å²) in [6, 6.07) is 10.8. The van der Waals surface area contributed by atoms with Gasteiger partial charge in [-0.2, -0.15) is 0 Å². The predicted octanol–water partition coefficient (Wildman–Crippen LogP) is 3.04. The molecular weight excluding hydrogens is 494 g/mol. The number of benzene rings is 2. The first-order chi connectivity index (χ1) is 17.7. The van der Waals surface area contributed by atoms with Crippen LogP contribution in [0.1, 0.15) is 43.0 Å².